The molecule has 0 atom stereocenters. The van der Waals surface area contributed by atoms with E-state index in [0.717, 1.165) is 17.4 Å². The summed E-state index contributed by atoms with van der Waals surface area (Å²) in [7, 11) is -4.30. The number of benzene rings is 2. The van der Waals surface area contributed by atoms with E-state index in [0.29, 0.717) is 29.8 Å². The van der Waals surface area contributed by atoms with Crippen LogP contribution >= 0.6 is 11.6 Å². The number of nitrogens with one attached hydrogen (secondary N) is 2. The van der Waals surface area contributed by atoms with Crippen molar-refractivity contribution in [3.05, 3.63) is 54.1 Å². The normalized spacial score (nSPS) is 14.7. The largest absolute Gasteiger partial charge is 0.393 e. The van der Waals surface area contributed by atoms with Crippen molar-refractivity contribution in [1.82, 2.24) is 0 Å². The molecule has 0 radical (unpaired) electrons. The Morgan fingerprint density at radius 3 is 1.33 bits per heavy atom. The molecule has 23 heteroatoms. The van der Waals surface area contributed by atoms with Crippen molar-refractivity contribution < 1.29 is 83.5 Å². The summed E-state index contributed by atoms with van der Waals surface area (Å²) in [4.78, 5) is 11.4. The maximum absolute atomic E-state index is 14.1. The number of rotatable bonds is 12. The molecule has 0 saturated heterocycles. The molecule has 0 unspecified atom stereocenters. The molecule has 0 heterocycles. The Bertz CT molecular complexity index is 1510. The lowest BCUT2D eigenvalue weighted by atomic mass is 9.89. The first-order valence-electron chi connectivity index (χ1n) is 11.1. The van der Waals surface area contributed by atoms with E-state index >= 15 is 0 Å². The molecule has 2 N–H and O–H groups in total. The van der Waals surface area contributed by atoms with Crippen molar-refractivity contribution >= 4 is 38.9 Å². The van der Waals surface area contributed by atoms with Crippen LogP contribution in [0.1, 0.15) is 5.56 Å². The molecule has 1 amide bonds. The third kappa shape index (κ3) is 6.06. The topological polar surface area (TPSA) is 75.3 Å². The van der Waals surface area contributed by atoms with Crippen LogP contribution in [0.5, 0.6) is 0 Å². The number of hydrogen-bond donors (Lipinski definition) is 2. The zero-order valence-corrected chi connectivity index (χ0v) is 22.7. The quantitative estimate of drug-likeness (QED) is 0.172. The Morgan fingerprint density at radius 2 is 0.933 bits per heavy atom. The fourth-order valence-electron chi connectivity index (χ4n) is 3.07. The van der Waals surface area contributed by atoms with Gasteiger partial charge in [0.1, 0.15) is 0 Å². The molecule has 0 aliphatic rings. The summed E-state index contributed by atoms with van der Waals surface area (Å²) in [6.45, 7) is 1.62. The van der Waals surface area contributed by atoms with E-state index in [1.165, 1.54) is 12.1 Å². The monoisotopic (exact) mass is 724 g/mol. The van der Waals surface area contributed by atoms with Gasteiger partial charge >= 0.3 is 52.7 Å². The van der Waals surface area contributed by atoms with Crippen molar-refractivity contribution in [3.63, 3.8) is 0 Å². The fourth-order valence-corrected chi connectivity index (χ4v) is 4.25. The lowest BCUT2D eigenvalue weighted by molar-refractivity contribution is -0.445. The molecule has 0 aromatic heterocycles. The van der Waals surface area contributed by atoms with Crippen molar-refractivity contribution in [1.29, 1.82) is 0 Å². The van der Waals surface area contributed by atoms with Gasteiger partial charge in [-0.1, -0.05) is 17.7 Å². The van der Waals surface area contributed by atoms with Crippen LogP contribution in [0, 0.1) is 6.92 Å². The lowest BCUT2D eigenvalue weighted by Crippen LogP contribution is -2.75. The SMILES string of the molecule is Cc1ccc(S(=O)(=O)Nc2ccc(NC(=O)C(F)(F)C(F)(F)C(F)(F)C(F)(F)C(F)(F)C(F)(F)C(F)(F)C(F)(F)Cl)cc2)cc1. The van der Waals surface area contributed by atoms with Gasteiger partial charge in [0.25, 0.3) is 10.0 Å². The second-order valence-electron chi connectivity index (χ2n) is 8.97. The molecule has 0 saturated carbocycles. The predicted molar refractivity (Wildman–Crippen MR) is 122 cm³/mol. The highest BCUT2D eigenvalue weighted by molar-refractivity contribution is 7.92. The number of alkyl halides is 17. The minimum Gasteiger partial charge on any atom is -0.321 e. The molecule has 2 aromatic rings. The van der Waals surface area contributed by atoms with Crippen molar-refractivity contribution in [3.8, 4) is 0 Å². The standard InChI is InChI=1S/C22H13ClF16N2O3S/c1-10-2-8-13(9-3-10)45(43,44)41-12-6-4-11(5-7-12)40-14(42)15(24,25)16(26,27)17(28,29)18(30,31)19(32,33)20(34,35)21(36,37)22(23,38)39/h2-9,41H,1H3,(H,40,42). The van der Waals surface area contributed by atoms with Gasteiger partial charge in [0.05, 0.1) is 4.90 Å². The number of aryl methyl sites for hydroxylation is 1. The highest BCUT2D eigenvalue weighted by atomic mass is 35.5. The predicted octanol–water partition coefficient (Wildman–Crippen LogP) is 8.01. The van der Waals surface area contributed by atoms with Crippen LogP contribution in [0.2, 0.25) is 0 Å². The summed E-state index contributed by atoms with van der Waals surface area (Å²) in [5.74, 6) is -61.3. The molecule has 0 fully saturated rings. The molecule has 2 rings (SSSR count). The van der Waals surface area contributed by atoms with Gasteiger partial charge in [-0.05, 0) is 54.9 Å². The summed E-state index contributed by atoms with van der Waals surface area (Å²) in [6, 6.07) is 7.27. The molecule has 45 heavy (non-hydrogen) atoms. The first-order chi connectivity index (χ1) is 19.8. The van der Waals surface area contributed by atoms with Gasteiger partial charge in [0.15, 0.2) is 0 Å². The van der Waals surface area contributed by atoms with E-state index in [1.807, 2.05) is 4.72 Å². The number of halogens is 17. The summed E-state index contributed by atoms with van der Waals surface area (Å²) in [5.41, 5.74) is -0.842. The highest BCUT2D eigenvalue weighted by Gasteiger charge is 2.95. The number of carbonyl (C=O) groups excluding carboxylic acids is 1. The average molecular weight is 725 g/mol. The van der Waals surface area contributed by atoms with Gasteiger partial charge in [-0.2, -0.15) is 70.2 Å². The molecule has 0 bridgehead atoms. The summed E-state index contributed by atoms with van der Waals surface area (Å²) < 4.78 is 244. The second kappa shape index (κ2) is 11.3. The summed E-state index contributed by atoms with van der Waals surface area (Å²) >= 11 is 3.45. The van der Waals surface area contributed by atoms with Crippen LogP contribution in [0.25, 0.3) is 0 Å². The smallest absolute Gasteiger partial charge is 0.321 e. The van der Waals surface area contributed by atoms with Gasteiger partial charge in [-0.3, -0.25) is 9.52 Å². The molecule has 0 spiro atoms. The van der Waals surface area contributed by atoms with Crippen molar-refractivity contribution in [2.24, 2.45) is 0 Å². The third-order valence-electron chi connectivity index (χ3n) is 5.73. The van der Waals surface area contributed by atoms with Crippen LogP contribution in [0.4, 0.5) is 81.6 Å². The number of sulfonamides is 1. The molecule has 254 valence electrons. The van der Waals surface area contributed by atoms with E-state index in [9.17, 15) is 83.5 Å². The van der Waals surface area contributed by atoms with Crippen LogP contribution in [-0.2, 0) is 14.8 Å². The van der Waals surface area contributed by atoms with Crippen LogP contribution in [0.3, 0.4) is 0 Å². The number of carbonyl (C=O) groups is 1. The highest BCUT2D eigenvalue weighted by Crippen LogP contribution is 2.64. The van der Waals surface area contributed by atoms with E-state index in [2.05, 4.69) is 11.6 Å². The minimum absolute atomic E-state index is 0.298. The maximum atomic E-state index is 14.1. The van der Waals surface area contributed by atoms with Crippen LogP contribution in [-0.4, -0.2) is 61.2 Å². The Kier molecular flexibility index (Phi) is 9.52. The maximum Gasteiger partial charge on any atom is 0.393 e. The van der Waals surface area contributed by atoms with Gasteiger partial charge in [-0.15, -0.1) is 0 Å². The molecule has 2 aromatic carbocycles. The van der Waals surface area contributed by atoms with E-state index in [-0.39, 0.29) is 4.90 Å². The van der Waals surface area contributed by atoms with Crippen LogP contribution in [0.15, 0.2) is 53.4 Å². The van der Waals surface area contributed by atoms with Gasteiger partial charge < -0.3 is 5.32 Å². The van der Waals surface area contributed by atoms with Gasteiger partial charge in [0, 0.05) is 11.4 Å². The number of amides is 1. The van der Waals surface area contributed by atoms with Crippen LogP contribution < -0.4 is 10.0 Å². The van der Waals surface area contributed by atoms with Crippen molar-refractivity contribution in [2.75, 3.05) is 10.0 Å². The molecular formula is C22H13ClF16N2O3S. The number of anilines is 2. The van der Waals surface area contributed by atoms with Gasteiger partial charge in [0.2, 0.25) is 0 Å². The first-order valence-corrected chi connectivity index (χ1v) is 12.9. The number of hydrogen-bond acceptors (Lipinski definition) is 3. The zero-order valence-electron chi connectivity index (χ0n) is 21.2. The van der Waals surface area contributed by atoms with E-state index in [4.69, 9.17) is 0 Å². The zero-order chi connectivity index (χ0) is 35.5. The summed E-state index contributed by atoms with van der Waals surface area (Å²) in [5, 5.41) is -6.15. The fraction of sp³-hybridized carbons (Fsp3) is 0.409. The molecule has 0 aliphatic carbocycles. The van der Waals surface area contributed by atoms with Crippen molar-refractivity contribution in [2.45, 2.75) is 58.7 Å². The molecule has 0 aliphatic heterocycles. The first kappa shape index (κ1) is 38.0. The Balaban J connectivity index is 2.38. The minimum atomic E-state index is -8.71. The van der Waals surface area contributed by atoms with Gasteiger partial charge in [-0.25, -0.2) is 8.42 Å². The second-order valence-corrected chi connectivity index (χ2v) is 11.1. The van der Waals surface area contributed by atoms with E-state index < -0.39 is 74.1 Å². The molecular weight excluding hydrogens is 712 g/mol. The average Bonchev–Trinajstić information content (AvgIpc) is 2.88. The lowest BCUT2D eigenvalue weighted by Gasteiger charge is -2.42. The Hall–Kier alpha value is -3.17. The molecule has 5 nitrogen and oxygen atoms in total. The Morgan fingerprint density at radius 1 is 0.578 bits per heavy atom. The Labute approximate surface area is 245 Å². The third-order valence-corrected chi connectivity index (χ3v) is 7.37. The van der Waals surface area contributed by atoms with E-state index in [1.54, 1.807) is 6.92 Å². The summed E-state index contributed by atoms with van der Waals surface area (Å²) in [6.07, 6.45) is 0.